The minimum absolute atomic E-state index is 0.132. The number of hydrogen-bond donors (Lipinski definition) is 1. The summed E-state index contributed by atoms with van der Waals surface area (Å²) in [5.41, 5.74) is 2.18. The van der Waals surface area contributed by atoms with Crippen molar-refractivity contribution in [2.75, 3.05) is 5.32 Å². The molecule has 0 aliphatic rings. The van der Waals surface area contributed by atoms with Crippen molar-refractivity contribution in [2.45, 2.75) is 39.5 Å². The highest BCUT2D eigenvalue weighted by molar-refractivity contribution is 6.29. The summed E-state index contributed by atoms with van der Waals surface area (Å²) in [7, 11) is 0. The summed E-state index contributed by atoms with van der Waals surface area (Å²) in [6, 6.07) is 10.0. The second kappa shape index (κ2) is 5.80. The summed E-state index contributed by atoms with van der Waals surface area (Å²) in [5, 5.41) is 3.73. The minimum atomic E-state index is -0.132. The summed E-state index contributed by atoms with van der Waals surface area (Å²) in [4.78, 5) is 8.82. The number of benzene rings is 1. The monoisotopic (exact) mass is 289 g/mol. The molecule has 1 aromatic heterocycles. The van der Waals surface area contributed by atoms with Gasteiger partial charge in [-0.2, -0.15) is 0 Å². The lowest BCUT2D eigenvalue weighted by molar-refractivity contribution is 0.546. The van der Waals surface area contributed by atoms with Crippen LogP contribution in [0.2, 0.25) is 5.15 Å². The van der Waals surface area contributed by atoms with Gasteiger partial charge in [0, 0.05) is 17.2 Å². The fraction of sp³-hybridized carbons (Fsp3) is 0.375. The molecule has 0 amide bonds. The molecule has 0 unspecified atom stereocenters. The number of aryl methyl sites for hydroxylation is 1. The first-order chi connectivity index (χ1) is 9.38. The lowest BCUT2D eigenvalue weighted by Gasteiger charge is -2.18. The third-order valence-corrected chi connectivity index (χ3v) is 3.19. The van der Waals surface area contributed by atoms with Gasteiger partial charge >= 0.3 is 0 Å². The van der Waals surface area contributed by atoms with Crippen LogP contribution < -0.4 is 5.32 Å². The van der Waals surface area contributed by atoms with E-state index in [1.54, 1.807) is 6.07 Å². The van der Waals surface area contributed by atoms with Gasteiger partial charge in [0.1, 0.15) is 16.8 Å². The van der Waals surface area contributed by atoms with Gasteiger partial charge in [0.25, 0.3) is 0 Å². The number of nitrogens with zero attached hydrogens (tertiary/aromatic N) is 2. The molecule has 2 rings (SSSR count). The van der Waals surface area contributed by atoms with Gasteiger partial charge in [0.05, 0.1) is 0 Å². The number of anilines is 2. The van der Waals surface area contributed by atoms with Gasteiger partial charge in [-0.15, -0.1) is 0 Å². The highest BCUT2D eigenvalue weighted by atomic mass is 35.5. The van der Waals surface area contributed by atoms with E-state index in [-0.39, 0.29) is 5.41 Å². The molecule has 0 saturated carbocycles. The molecule has 1 heterocycles. The van der Waals surface area contributed by atoms with E-state index >= 15 is 0 Å². The van der Waals surface area contributed by atoms with Crippen molar-refractivity contribution in [3.05, 3.63) is 46.9 Å². The zero-order valence-electron chi connectivity index (χ0n) is 12.4. The van der Waals surface area contributed by atoms with Gasteiger partial charge in [0.15, 0.2) is 0 Å². The molecular formula is C16H20ClN3. The zero-order chi connectivity index (χ0) is 14.8. The topological polar surface area (TPSA) is 37.8 Å². The Morgan fingerprint density at radius 2 is 1.75 bits per heavy atom. The molecule has 1 N–H and O–H groups in total. The predicted molar refractivity (Wildman–Crippen MR) is 84.8 cm³/mol. The maximum atomic E-state index is 6.08. The first-order valence-corrected chi connectivity index (χ1v) is 7.17. The Morgan fingerprint density at radius 1 is 1.10 bits per heavy atom. The number of rotatable bonds is 3. The largest absolute Gasteiger partial charge is 0.340 e. The van der Waals surface area contributed by atoms with E-state index < -0.39 is 0 Å². The lowest BCUT2D eigenvalue weighted by Crippen LogP contribution is -2.16. The third-order valence-electron chi connectivity index (χ3n) is 3.00. The molecule has 0 aliphatic carbocycles. The molecule has 0 spiro atoms. The van der Waals surface area contributed by atoms with Crippen molar-refractivity contribution >= 4 is 23.1 Å². The summed E-state index contributed by atoms with van der Waals surface area (Å²) in [5.74, 6) is 1.46. The van der Waals surface area contributed by atoms with Crippen molar-refractivity contribution in [3.8, 4) is 0 Å². The zero-order valence-corrected chi connectivity index (χ0v) is 13.1. The highest BCUT2D eigenvalue weighted by Crippen LogP contribution is 2.24. The van der Waals surface area contributed by atoms with Crippen molar-refractivity contribution < 1.29 is 0 Å². The molecule has 0 aliphatic heterocycles. The summed E-state index contributed by atoms with van der Waals surface area (Å²) < 4.78 is 0. The van der Waals surface area contributed by atoms with Crippen LogP contribution in [0.4, 0.5) is 11.5 Å². The summed E-state index contributed by atoms with van der Waals surface area (Å²) in [6.07, 6.45) is 1.04. The average molecular weight is 290 g/mol. The molecule has 0 saturated heterocycles. The third kappa shape index (κ3) is 3.70. The van der Waals surface area contributed by atoms with Crippen molar-refractivity contribution in [1.29, 1.82) is 0 Å². The van der Waals surface area contributed by atoms with E-state index in [0.717, 1.165) is 23.8 Å². The van der Waals surface area contributed by atoms with Gasteiger partial charge < -0.3 is 5.32 Å². The van der Waals surface area contributed by atoms with E-state index in [9.17, 15) is 0 Å². The van der Waals surface area contributed by atoms with Crippen LogP contribution in [0, 0.1) is 0 Å². The Bertz CT molecular complexity index is 586. The molecular weight excluding hydrogens is 270 g/mol. The van der Waals surface area contributed by atoms with Crippen LogP contribution in [0.15, 0.2) is 30.3 Å². The molecule has 3 nitrogen and oxygen atoms in total. The maximum absolute atomic E-state index is 6.08. The van der Waals surface area contributed by atoms with Crippen molar-refractivity contribution in [1.82, 2.24) is 9.97 Å². The molecule has 0 radical (unpaired) electrons. The van der Waals surface area contributed by atoms with Crippen LogP contribution in [0.5, 0.6) is 0 Å². The van der Waals surface area contributed by atoms with Gasteiger partial charge in [-0.3, -0.25) is 0 Å². The van der Waals surface area contributed by atoms with E-state index in [2.05, 4.69) is 55.1 Å². The smallest absolute Gasteiger partial charge is 0.137 e. The second-order valence-electron chi connectivity index (χ2n) is 5.82. The van der Waals surface area contributed by atoms with Crippen LogP contribution >= 0.6 is 11.6 Å². The Hall–Kier alpha value is -1.61. The summed E-state index contributed by atoms with van der Waals surface area (Å²) >= 11 is 6.08. The molecule has 4 heteroatoms. The molecule has 1 aromatic carbocycles. The number of nitrogens with one attached hydrogen (secondary N) is 1. The number of aromatic nitrogens is 2. The molecule has 2 aromatic rings. The Balaban J connectivity index is 2.26. The molecule has 0 atom stereocenters. The van der Waals surface area contributed by atoms with E-state index in [1.165, 1.54) is 5.56 Å². The highest BCUT2D eigenvalue weighted by Gasteiger charge is 2.18. The first kappa shape index (κ1) is 14.8. The van der Waals surface area contributed by atoms with E-state index in [0.29, 0.717) is 5.15 Å². The molecule has 0 fully saturated rings. The molecule has 0 bridgehead atoms. The van der Waals surface area contributed by atoms with Crippen LogP contribution in [-0.4, -0.2) is 9.97 Å². The fourth-order valence-electron chi connectivity index (χ4n) is 1.79. The summed E-state index contributed by atoms with van der Waals surface area (Å²) in [6.45, 7) is 8.34. The van der Waals surface area contributed by atoms with Gasteiger partial charge in [-0.25, -0.2) is 9.97 Å². The predicted octanol–water partition coefficient (Wildman–Crippen LogP) is 4.73. The van der Waals surface area contributed by atoms with Crippen molar-refractivity contribution in [3.63, 3.8) is 0 Å². The Morgan fingerprint density at radius 3 is 2.30 bits per heavy atom. The number of halogens is 1. The minimum Gasteiger partial charge on any atom is -0.340 e. The van der Waals surface area contributed by atoms with Crippen LogP contribution in [0.25, 0.3) is 0 Å². The fourth-order valence-corrected chi connectivity index (χ4v) is 1.97. The van der Waals surface area contributed by atoms with Gasteiger partial charge in [-0.1, -0.05) is 51.4 Å². The van der Waals surface area contributed by atoms with E-state index in [1.807, 2.05) is 12.1 Å². The van der Waals surface area contributed by atoms with Crippen molar-refractivity contribution in [2.24, 2.45) is 0 Å². The lowest BCUT2D eigenvalue weighted by atomic mass is 9.96. The Labute approximate surface area is 125 Å². The average Bonchev–Trinajstić information content (AvgIpc) is 2.38. The number of hydrogen-bond acceptors (Lipinski definition) is 3. The Kier molecular flexibility index (Phi) is 4.29. The maximum Gasteiger partial charge on any atom is 0.137 e. The standard InChI is InChI=1S/C16H20ClN3/c1-5-11-6-8-12(9-7-11)18-14-10-13(17)19-15(20-14)16(2,3)4/h6-10H,5H2,1-4H3,(H,18,19,20). The normalized spacial score (nSPS) is 11.4. The quantitative estimate of drug-likeness (QED) is 0.830. The molecule has 106 valence electrons. The van der Waals surface area contributed by atoms with Crippen LogP contribution in [0.3, 0.4) is 0 Å². The van der Waals surface area contributed by atoms with Gasteiger partial charge in [0.2, 0.25) is 0 Å². The van der Waals surface area contributed by atoms with Gasteiger partial charge in [-0.05, 0) is 24.1 Å². The SMILES string of the molecule is CCc1ccc(Nc2cc(Cl)nc(C(C)(C)C)n2)cc1. The van der Waals surface area contributed by atoms with E-state index in [4.69, 9.17) is 11.6 Å². The second-order valence-corrected chi connectivity index (χ2v) is 6.21. The first-order valence-electron chi connectivity index (χ1n) is 6.79. The van der Waals surface area contributed by atoms with Crippen LogP contribution in [-0.2, 0) is 11.8 Å². The van der Waals surface area contributed by atoms with Crippen LogP contribution in [0.1, 0.15) is 39.1 Å². The molecule has 20 heavy (non-hydrogen) atoms.